The van der Waals surface area contributed by atoms with E-state index < -0.39 is 0 Å². The zero-order valence-corrected chi connectivity index (χ0v) is 12.2. The predicted molar refractivity (Wildman–Crippen MR) is 87.1 cm³/mol. The van der Waals surface area contributed by atoms with Gasteiger partial charge in [0.15, 0.2) is 0 Å². The van der Waals surface area contributed by atoms with Crippen molar-refractivity contribution in [3.63, 3.8) is 0 Å². The van der Waals surface area contributed by atoms with Crippen LogP contribution in [-0.2, 0) is 0 Å². The molecule has 4 N–H and O–H groups in total. The molecule has 2 rings (SSSR count). The monoisotopic (exact) mass is 273 g/mol. The quantitative estimate of drug-likeness (QED) is 0.637. The van der Waals surface area contributed by atoms with Crippen LogP contribution in [0.1, 0.15) is 5.56 Å². The molecule has 1 saturated heterocycles. The van der Waals surface area contributed by atoms with E-state index in [0.717, 1.165) is 43.0 Å². The number of hydrogen-bond donors (Lipinski definition) is 2. The maximum Gasteiger partial charge on any atom is 0.0449 e. The number of rotatable bonds is 3. The van der Waals surface area contributed by atoms with Crippen molar-refractivity contribution in [1.82, 2.24) is 4.90 Å². The van der Waals surface area contributed by atoms with Crippen LogP contribution in [0.2, 0.25) is 0 Å². The zero-order valence-electron chi connectivity index (χ0n) is 12.2. The first kappa shape index (κ1) is 14.4. The zero-order chi connectivity index (χ0) is 14.5. The Balaban J connectivity index is 2.37. The fourth-order valence-corrected chi connectivity index (χ4v) is 2.45. The third-order valence-corrected chi connectivity index (χ3v) is 3.62. The number of likely N-dealkylation sites (N-methyl/N-ethyl adjacent to an activating group) is 1. The molecule has 1 heterocycles. The molecule has 0 radical (unpaired) electrons. The van der Waals surface area contributed by atoms with Crippen molar-refractivity contribution in [2.45, 2.75) is 0 Å². The molecule has 0 aliphatic carbocycles. The first-order valence-corrected chi connectivity index (χ1v) is 6.83. The highest BCUT2D eigenvalue weighted by Gasteiger charge is 2.18. The van der Waals surface area contributed by atoms with Crippen LogP contribution in [-0.4, -0.2) is 51.4 Å². The molecule has 0 saturated carbocycles. The topological polar surface area (TPSA) is 70.9 Å². The van der Waals surface area contributed by atoms with Crippen molar-refractivity contribution in [1.29, 1.82) is 0 Å². The fourth-order valence-electron chi connectivity index (χ4n) is 2.45. The lowest BCUT2D eigenvalue weighted by molar-refractivity contribution is 0.313. The maximum absolute atomic E-state index is 5.93. The highest BCUT2D eigenvalue weighted by atomic mass is 15.2. The molecule has 1 aliphatic heterocycles. The summed E-state index contributed by atoms with van der Waals surface area (Å²) >= 11 is 0. The fraction of sp³-hybridized carbons (Fsp3) is 0.400. The smallest absolute Gasteiger partial charge is 0.0449 e. The minimum absolute atomic E-state index is 0.738. The predicted octanol–water partition coefficient (Wildman–Crippen LogP) is 1.02. The number of aliphatic imine (C=N–C) groups is 1. The first-order valence-electron chi connectivity index (χ1n) is 6.83. The van der Waals surface area contributed by atoms with Crippen LogP contribution >= 0.6 is 0 Å². The van der Waals surface area contributed by atoms with Crippen LogP contribution in [0.15, 0.2) is 29.4 Å². The van der Waals surface area contributed by atoms with E-state index in [1.54, 1.807) is 19.5 Å². The lowest BCUT2D eigenvalue weighted by Crippen LogP contribution is -2.44. The van der Waals surface area contributed by atoms with E-state index in [4.69, 9.17) is 11.5 Å². The summed E-state index contributed by atoms with van der Waals surface area (Å²) in [7, 11) is 3.89. The Kier molecular flexibility index (Phi) is 4.63. The van der Waals surface area contributed by atoms with E-state index in [1.807, 2.05) is 12.1 Å². The molecule has 0 aromatic heterocycles. The van der Waals surface area contributed by atoms with Gasteiger partial charge in [-0.1, -0.05) is 0 Å². The molecule has 5 nitrogen and oxygen atoms in total. The number of nitrogens with zero attached hydrogens (tertiary/aromatic N) is 3. The van der Waals surface area contributed by atoms with Crippen molar-refractivity contribution in [3.8, 4) is 0 Å². The van der Waals surface area contributed by atoms with Crippen molar-refractivity contribution in [2.75, 3.05) is 50.9 Å². The van der Waals surface area contributed by atoms with Crippen LogP contribution in [0.25, 0.3) is 5.57 Å². The van der Waals surface area contributed by atoms with E-state index in [-0.39, 0.29) is 0 Å². The number of piperazine rings is 1. The second-order valence-corrected chi connectivity index (χ2v) is 5.08. The molecular formula is C15H23N5. The Morgan fingerprint density at radius 3 is 2.55 bits per heavy atom. The van der Waals surface area contributed by atoms with Gasteiger partial charge in [-0.15, -0.1) is 0 Å². The number of nitrogens with two attached hydrogens (primary N) is 2. The Hall–Kier alpha value is -2.01. The maximum atomic E-state index is 5.93. The summed E-state index contributed by atoms with van der Waals surface area (Å²) in [6.07, 6.45) is 3.36. The molecule has 1 aromatic carbocycles. The van der Waals surface area contributed by atoms with Gasteiger partial charge in [0.1, 0.15) is 0 Å². The van der Waals surface area contributed by atoms with Gasteiger partial charge in [-0.2, -0.15) is 0 Å². The molecule has 1 aliphatic rings. The summed E-state index contributed by atoms with van der Waals surface area (Å²) in [6, 6.07) is 5.98. The van der Waals surface area contributed by atoms with E-state index in [2.05, 4.69) is 27.9 Å². The summed E-state index contributed by atoms with van der Waals surface area (Å²) < 4.78 is 0. The average Bonchev–Trinajstić information content (AvgIpc) is 2.46. The largest absolute Gasteiger partial charge is 0.404 e. The molecule has 5 heteroatoms. The standard InChI is InChI=1S/C15H23N5/c1-18-11-12(10-16)14-9-13(17)3-4-15(14)20-7-5-19(2)6-8-20/h3-4,9-11H,5-8,16-17H2,1-2H3/b12-10+,18-11?. The van der Waals surface area contributed by atoms with Crippen LogP contribution < -0.4 is 16.4 Å². The minimum atomic E-state index is 0.738. The van der Waals surface area contributed by atoms with Gasteiger partial charge in [0.25, 0.3) is 0 Å². The van der Waals surface area contributed by atoms with Crippen molar-refractivity contribution >= 4 is 23.2 Å². The number of nitrogen functional groups attached to an aromatic ring is 1. The summed E-state index contributed by atoms with van der Waals surface area (Å²) in [5.74, 6) is 0. The van der Waals surface area contributed by atoms with Crippen molar-refractivity contribution in [3.05, 3.63) is 30.0 Å². The summed E-state index contributed by atoms with van der Waals surface area (Å²) in [6.45, 7) is 4.14. The van der Waals surface area contributed by atoms with Gasteiger partial charge in [0, 0.05) is 68.2 Å². The number of hydrogen-bond acceptors (Lipinski definition) is 5. The molecule has 0 atom stereocenters. The molecular weight excluding hydrogens is 250 g/mol. The Labute approximate surface area is 120 Å². The van der Waals surface area contributed by atoms with Gasteiger partial charge in [0.2, 0.25) is 0 Å². The van der Waals surface area contributed by atoms with Crippen LogP contribution in [0.5, 0.6) is 0 Å². The van der Waals surface area contributed by atoms with Gasteiger partial charge in [-0.05, 0) is 25.2 Å². The van der Waals surface area contributed by atoms with Gasteiger partial charge in [-0.25, -0.2) is 0 Å². The first-order chi connectivity index (χ1) is 9.65. The molecule has 108 valence electrons. The molecule has 0 unspecified atom stereocenters. The second-order valence-electron chi connectivity index (χ2n) is 5.08. The van der Waals surface area contributed by atoms with Crippen molar-refractivity contribution < 1.29 is 0 Å². The lowest BCUT2D eigenvalue weighted by Gasteiger charge is -2.35. The van der Waals surface area contributed by atoms with Gasteiger partial charge >= 0.3 is 0 Å². The average molecular weight is 273 g/mol. The van der Waals surface area contributed by atoms with Crippen LogP contribution in [0.4, 0.5) is 11.4 Å². The number of allylic oxidation sites excluding steroid dienone is 1. The lowest BCUT2D eigenvalue weighted by atomic mass is 10.0. The molecule has 1 aromatic rings. The summed E-state index contributed by atoms with van der Waals surface area (Å²) in [5.41, 5.74) is 15.5. The molecule has 0 spiro atoms. The molecule has 20 heavy (non-hydrogen) atoms. The third kappa shape index (κ3) is 3.11. The van der Waals surface area contributed by atoms with E-state index in [0.29, 0.717) is 0 Å². The van der Waals surface area contributed by atoms with E-state index in [9.17, 15) is 0 Å². The Bertz CT molecular complexity index is 513. The SMILES string of the molecule is CN=C/C(=C\N)c1cc(N)ccc1N1CCN(C)CC1. The molecule has 0 amide bonds. The third-order valence-electron chi connectivity index (χ3n) is 3.62. The van der Waals surface area contributed by atoms with Crippen LogP contribution in [0.3, 0.4) is 0 Å². The molecule has 0 bridgehead atoms. The summed E-state index contributed by atoms with van der Waals surface area (Å²) in [5, 5.41) is 0. The number of benzene rings is 1. The highest BCUT2D eigenvalue weighted by Crippen LogP contribution is 2.29. The van der Waals surface area contributed by atoms with Crippen LogP contribution in [0, 0.1) is 0 Å². The van der Waals surface area contributed by atoms with Gasteiger partial charge < -0.3 is 21.3 Å². The van der Waals surface area contributed by atoms with Crippen molar-refractivity contribution in [2.24, 2.45) is 10.7 Å². The van der Waals surface area contributed by atoms with Gasteiger partial charge in [0.05, 0.1) is 0 Å². The second kappa shape index (κ2) is 6.43. The normalized spacial score (nSPS) is 17.9. The number of anilines is 2. The van der Waals surface area contributed by atoms with E-state index in [1.165, 1.54) is 5.69 Å². The van der Waals surface area contributed by atoms with E-state index >= 15 is 0 Å². The Morgan fingerprint density at radius 2 is 1.95 bits per heavy atom. The molecule has 1 fully saturated rings. The van der Waals surface area contributed by atoms with Gasteiger partial charge in [-0.3, -0.25) is 4.99 Å². The summed E-state index contributed by atoms with van der Waals surface area (Å²) in [4.78, 5) is 8.78. The highest BCUT2D eigenvalue weighted by molar-refractivity contribution is 6.12. The minimum Gasteiger partial charge on any atom is -0.404 e. The Morgan fingerprint density at radius 1 is 1.25 bits per heavy atom.